The molecule has 0 aliphatic heterocycles. The first-order chi connectivity index (χ1) is 11.1. The van der Waals surface area contributed by atoms with Crippen LogP contribution in [0.15, 0.2) is 52.0 Å². The van der Waals surface area contributed by atoms with Crippen LogP contribution in [0.2, 0.25) is 0 Å². The van der Waals surface area contributed by atoms with Crippen molar-refractivity contribution in [3.8, 4) is 0 Å². The monoisotopic (exact) mass is 333 g/mol. The Morgan fingerprint density at radius 1 is 1.22 bits per heavy atom. The second-order valence-corrected chi connectivity index (χ2v) is 5.93. The fourth-order valence-electron chi connectivity index (χ4n) is 2.23. The van der Waals surface area contributed by atoms with Gasteiger partial charge in [-0.05, 0) is 36.8 Å². The van der Waals surface area contributed by atoms with Crippen LogP contribution in [0.1, 0.15) is 29.0 Å². The smallest absolute Gasteiger partial charge is 0.303 e. The van der Waals surface area contributed by atoms with E-state index in [1.165, 1.54) is 11.8 Å². The van der Waals surface area contributed by atoms with Crippen molar-refractivity contribution in [3.63, 3.8) is 0 Å². The van der Waals surface area contributed by atoms with Gasteiger partial charge in [-0.2, -0.15) is 0 Å². The van der Waals surface area contributed by atoms with Crippen LogP contribution in [-0.2, 0) is 11.2 Å². The van der Waals surface area contributed by atoms with Crippen LogP contribution in [0, 0.1) is 0 Å². The highest BCUT2D eigenvalue weighted by molar-refractivity contribution is 7.98. The van der Waals surface area contributed by atoms with E-state index in [1.807, 2.05) is 36.6 Å². The topological polar surface area (TPSA) is 79.5 Å². The third-order valence-electron chi connectivity index (χ3n) is 3.37. The van der Waals surface area contributed by atoms with Gasteiger partial charge in [-0.1, -0.05) is 42.1 Å². The Bertz CT molecular complexity index is 654. The molecule has 0 aliphatic carbocycles. The van der Waals surface area contributed by atoms with Crippen LogP contribution >= 0.6 is 11.8 Å². The first-order valence-electron chi connectivity index (χ1n) is 7.29. The molecule has 2 rings (SSSR count). The minimum Gasteiger partial charge on any atom is -0.481 e. The van der Waals surface area contributed by atoms with Gasteiger partial charge in [0.25, 0.3) is 5.91 Å². The van der Waals surface area contributed by atoms with Crippen LogP contribution in [0.3, 0.4) is 0 Å². The molecule has 2 N–H and O–H groups in total. The van der Waals surface area contributed by atoms with Crippen molar-refractivity contribution in [3.05, 3.63) is 53.8 Å². The second-order valence-electron chi connectivity index (χ2n) is 5.12. The third-order valence-corrected chi connectivity index (χ3v) is 3.99. The van der Waals surface area contributed by atoms with Crippen LogP contribution in [-0.4, -0.2) is 29.3 Å². The molecule has 0 bridgehead atoms. The Hall–Kier alpha value is -2.21. The fraction of sp³-hybridized carbons (Fsp3) is 0.294. The zero-order valence-electron chi connectivity index (χ0n) is 12.8. The zero-order chi connectivity index (χ0) is 16.7. The van der Waals surface area contributed by atoms with E-state index in [0.29, 0.717) is 17.9 Å². The Kier molecular flexibility index (Phi) is 6.29. The van der Waals surface area contributed by atoms with Crippen LogP contribution < -0.4 is 5.32 Å². The summed E-state index contributed by atoms with van der Waals surface area (Å²) in [5.74, 6) is -0.959. The first kappa shape index (κ1) is 17.1. The van der Waals surface area contributed by atoms with Crippen molar-refractivity contribution in [2.75, 3.05) is 6.26 Å². The number of furan rings is 1. The number of carbonyl (C=O) groups is 2. The van der Waals surface area contributed by atoms with E-state index in [0.717, 1.165) is 5.56 Å². The van der Waals surface area contributed by atoms with Crippen molar-refractivity contribution in [2.24, 2.45) is 0 Å². The molecule has 1 amide bonds. The van der Waals surface area contributed by atoms with E-state index in [9.17, 15) is 9.59 Å². The molecule has 1 aromatic carbocycles. The molecule has 1 unspecified atom stereocenters. The van der Waals surface area contributed by atoms with Crippen molar-refractivity contribution in [1.82, 2.24) is 5.32 Å². The lowest BCUT2D eigenvalue weighted by Gasteiger charge is -2.17. The van der Waals surface area contributed by atoms with Gasteiger partial charge in [0.2, 0.25) is 0 Å². The molecule has 5 nitrogen and oxygen atoms in total. The minimum absolute atomic E-state index is 0.00595. The van der Waals surface area contributed by atoms with Gasteiger partial charge in [-0.15, -0.1) is 0 Å². The highest BCUT2D eigenvalue weighted by atomic mass is 32.2. The lowest BCUT2D eigenvalue weighted by Crippen LogP contribution is -2.36. The molecule has 1 aromatic heterocycles. The first-order valence-corrected chi connectivity index (χ1v) is 8.51. The van der Waals surface area contributed by atoms with Crippen molar-refractivity contribution >= 4 is 23.6 Å². The lowest BCUT2D eigenvalue weighted by atomic mass is 10.0. The Labute approximate surface area is 139 Å². The summed E-state index contributed by atoms with van der Waals surface area (Å²) >= 11 is 1.42. The van der Waals surface area contributed by atoms with Gasteiger partial charge in [0.05, 0.1) is 0 Å². The summed E-state index contributed by atoms with van der Waals surface area (Å²) in [7, 11) is 0. The molecule has 0 aliphatic rings. The number of amides is 1. The SMILES string of the molecule is CSc1ccc(C(=O)NC(CCC(=O)O)Cc2ccccc2)o1. The highest BCUT2D eigenvalue weighted by Crippen LogP contribution is 2.18. The van der Waals surface area contributed by atoms with Gasteiger partial charge in [-0.25, -0.2) is 0 Å². The van der Waals surface area contributed by atoms with Crippen molar-refractivity contribution in [1.29, 1.82) is 0 Å². The molecule has 0 fully saturated rings. The summed E-state index contributed by atoms with van der Waals surface area (Å²) in [5, 5.41) is 12.4. The summed E-state index contributed by atoms with van der Waals surface area (Å²) in [6.07, 6.45) is 2.82. The number of carbonyl (C=O) groups excluding carboxylic acids is 1. The van der Waals surface area contributed by atoms with E-state index >= 15 is 0 Å². The average Bonchev–Trinajstić information content (AvgIpc) is 3.02. The lowest BCUT2D eigenvalue weighted by molar-refractivity contribution is -0.137. The largest absolute Gasteiger partial charge is 0.481 e. The van der Waals surface area contributed by atoms with Crippen molar-refractivity contribution < 1.29 is 19.1 Å². The number of thioether (sulfide) groups is 1. The normalized spacial score (nSPS) is 11.9. The molecule has 0 saturated carbocycles. The number of nitrogens with one attached hydrogen (secondary N) is 1. The van der Waals surface area contributed by atoms with E-state index in [2.05, 4.69) is 5.32 Å². The van der Waals surface area contributed by atoms with Gasteiger partial charge in [0, 0.05) is 12.5 Å². The summed E-state index contributed by atoms with van der Waals surface area (Å²) in [6.45, 7) is 0. The predicted molar refractivity (Wildman–Crippen MR) is 88.8 cm³/mol. The van der Waals surface area contributed by atoms with E-state index < -0.39 is 5.97 Å². The van der Waals surface area contributed by atoms with Crippen LogP contribution in [0.5, 0.6) is 0 Å². The third kappa shape index (κ3) is 5.49. The Balaban J connectivity index is 2.03. The number of hydrogen-bond acceptors (Lipinski definition) is 4. The number of hydrogen-bond donors (Lipinski definition) is 2. The maximum Gasteiger partial charge on any atom is 0.303 e. The van der Waals surface area contributed by atoms with Gasteiger partial charge in [0.1, 0.15) is 0 Å². The molecular formula is C17H19NO4S. The predicted octanol–water partition coefficient (Wildman–Crippen LogP) is 3.21. The second kappa shape index (κ2) is 8.43. The van der Waals surface area contributed by atoms with E-state index in [4.69, 9.17) is 9.52 Å². The number of aliphatic carboxylic acids is 1. The van der Waals surface area contributed by atoms with Gasteiger partial charge in [-0.3, -0.25) is 9.59 Å². The van der Waals surface area contributed by atoms with Gasteiger partial charge < -0.3 is 14.8 Å². The number of benzene rings is 1. The number of carboxylic acids is 1. The molecule has 122 valence electrons. The highest BCUT2D eigenvalue weighted by Gasteiger charge is 2.18. The summed E-state index contributed by atoms with van der Waals surface area (Å²) < 4.78 is 5.41. The number of carboxylic acid groups (broad SMARTS) is 1. The Morgan fingerprint density at radius 2 is 1.96 bits per heavy atom. The average molecular weight is 333 g/mol. The summed E-state index contributed by atoms with van der Waals surface area (Å²) in [5.41, 5.74) is 1.05. The Morgan fingerprint density at radius 3 is 2.57 bits per heavy atom. The van der Waals surface area contributed by atoms with Gasteiger partial charge >= 0.3 is 5.97 Å². The molecule has 6 heteroatoms. The van der Waals surface area contributed by atoms with E-state index in [-0.39, 0.29) is 24.1 Å². The van der Waals surface area contributed by atoms with Crippen molar-refractivity contribution in [2.45, 2.75) is 30.4 Å². The summed E-state index contributed by atoms with van der Waals surface area (Å²) in [6, 6.07) is 12.8. The fourth-order valence-corrected chi connectivity index (χ4v) is 2.61. The molecular weight excluding hydrogens is 314 g/mol. The molecule has 0 radical (unpaired) electrons. The summed E-state index contributed by atoms with van der Waals surface area (Å²) in [4.78, 5) is 23.1. The molecule has 2 aromatic rings. The molecule has 1 heterocycles. The molecule has 1 atom stereocenters. The molecule has 0 spiro atoms. The van der Waals surface area contributed by atoms with E-state index in [1.54, 1.807) is 12.1 Å². The molecule has 23 heavy (non-hydrogen) atoms. The quantitative estimate of drug-likeness (QED) is 0.725. The van der Waals surface area contributed by atoms with Crippen LogP contribution in [0.25, 0.3) is 0 Å². The number of rotatable bonds is 8. The standard InChI is InChI=1S/C17H19NO4S/c1-23-16-10-8-14(22-16)17(21)18-13(7-9-15(19)20)11-12-5-3-2-4-6-12/h2-6,8,10,13H,7,9,11H2,1H3,(H,18,21)(H,19,20). The zero-order valence-corrected chi connectivity index (χ0v) is 13.6. The van der Waals surface area contributed by atoms with Crippen LogP contribution in [0.4, 0.5) is 0 Å². The van der Waals surface area contributed by atoms with Gasteiger partial charge in [0.15, 0.2) is 10.9 Å². The maximum atomic E-state index is 12.3. The molecule has 0 saturated heterocycles. The minimum atomic E-state index is -0.875. The maximum absolute atomic E-state index is 12.3.